The van der Waals surface area contributed by atoms with Gasteiger partial charge in [0.2, 0.25) is 5.91 Å². The Morgan fingerprint density at radius 1 is 1.12 bits per heavy atom. The molecule has 1 saturated heterocycles. The lowest BCUT2D eigenvalue weighted by atomic mass is 9.91. The van der Waals surface area contributed by atoms with Crippen molar-refractivity contribution < 1.29 is 13.7 Å². The number of aromatic nitrogens is 3. The summed E-state index contributed by atoms with van der Waals surface area (Å²) in [5.41, 5.74) is 1.78. The molecule has 4 aromatic rings. The van der Waals surface area contributed by atoms with Crippen molar-refractivity contribution in [1.82, 2.24) is 19.8 Å². The van der Waals surface area contributed by atoms with Gasteiger partial charge in [-0.05, 0) is 37.0 Å². The molecule has 34 heavy (non-hydrogen) atoms. The van der Waals surface area contributed by atoms with E-state index in [1.807, 2.05) is 36.9 Å². The molecular formula is C26H27FN4O3. The molecule has 0 N–H and O–H groups in total. The van der Waals surface area contributed by atoms with Crippen LogP contribution in [0.15, 0.2) is 51.8 Å². The number of hydrogen-bond donors (Lipinski definition) is 0. The van der Waals surface area contributed by atoms with Crippen molar-refractivity contribution in [3.05, 3.63) is 70.0 Å². The SMILES string of the molecule is CC(C)Cn1nc(CC(=O)N2CCC(c3noc4cc(F)ccc34)CC2)c2ccccc2c1=O. The van der Waals surface area contributed by atoms with Crippen LogP contribution in [0.5, 0.6) is 0 Å². The third kappa shape index (κ3) is 4.20. The predicted octanol–water partition coefficient (Wildman–Crippen LogP) is 4.28. The van der Waals surface area contributed by atoms with E-state index < -0.39 is 0 Å². The number of hydrogen-bond acceptors (Lipinski definition) is 5. The molecule has 1 fully saturated rings. The van der Waals surface area contributed by atoms with Crippen LogP contribution in [0.4, 0.5) is 4.39 Å². The fourth-order valence-corrected chi connectivity index (χ4v) is 4.79. The number of amides is 1. The Labute approximate surface area is 196 Å². The van der Waals surface area contributed by atoms with E-state index >= 15 is 0 Å². The molecule has 1 amide bonds. The van der Waals surface area contributed by atoms with Gasteiger partial charge in [-0.15, -0.1) is 0 Å². The van der Waals surface area contributed by atoms with E-state index in [2.05, 4.69) is 10.3 Å². The number of nitrogens with zero attached hydrogens (tertiary/aromatic N) is 4. The normalized spacial score (nSPS) is 15.0. The van der Waals surface area contributed by atoms with Crippen molar-refractivity contribution in [1.29, 1.82) is 0 Å². The first-order valence-electron chi connectivity index (χ1n) is 11.7. The highest BCUT2D eigenvalue weighted by Crippen LogP contribution is 2.33. The van der Waals surface area contributed by atoms with Gasteiger partial charge in [0.15, 0.2) is 5.58 Å². The lowest BCUT2D eigenvalue weighted by Gasteiger charge is -2.31. The quantitative estimate of drug-likeness (QED) is 0.442. The monoisotopic (exact) mass is 462 g/mol. The van der Waals surface area contributed by atoms with Gasteiger partial charge in [0, 0.05) is 42.4 Å². The molecule has 0 atom stereocenters. The maximum Gasteiger partial charge on any atom is 0.274 e. The van der Waals surface area contributed by atoms with Crippen LogP contribution in [-0.4, -0.2) is 38.8 Å². The topological polar surface area (TPSA) is 81.2 Å². The van der Waals surface area contributed by atoms with Crippen LogP contribution in [0.2, 0.25) is 0 Å². The molecule has 7 nitrogen and oxygen atoms in total. The van der Waals surface area contributed by atoms with Crippen LogP contribution >= 0.6 is 0 Å². The Morgan fingerprint density at radius 2 is 1.85 bits per heavy atom. The summed E-state index contributed by atoms with van der Waals surface area (Å²) in [6.07, 6.45) is 1.66. The highest BCUT2D eigenvalue weighted by atomic mass is 19.1. The zero-order chi connectivity index (χ0) is 23.8. The first-order chi connectivity index (χ1) is 16.4. The number of likely N-dealkylation sites (tertiary alicyclic amines) is 1. The largest absolute Gasteiger partial charge is 0.356 e. The molecule has 176 valence electrons. The number of rotatable bonds is 5. The number of benzene rings is 2. The highest BCUT2D eigenvalue weighted by Gasteiger charge is 2.28. The predicted molar refractivity (Wildman–Crippen MR) is 127 cm³/mol. The van der Waals surface area contributed by atoms with Gasteiger partial charge in [-0.3, -0.25) is 9.59 Å². The van der Waals surface area contributed by atoms with Crippen molar-refractivity contribution in [2.75, 3.05) is 13.1 Å². The van der Waals surface area contributed by atoms with Gasteiger partial charge in [-0.1, -0.05) is 37.2 Å². The summed E-state index contributed by atoms with van der Waals surface area (Å²) in [4.78, 5) is 27.9. The van der Waals surface area contributed by atoms with E-state index in [1.165, 1.54) is 16.8 Å². The molecule has 8 heteroatoms. The van der Waals surface area contributed by atoms with Crippen molar-refractivity contribution >= 4 is 27.6 Å². The summed E-state index contributed by atoms with van der Waals surface area (Å²) in [5, 5.41) is 10.9. The first-order valence-corrected chi connectivity index (χ1v) is 11.7. The zero-order valence-corrected chi connectivity index (χ0v) is 19.3. The third-order valence-electron chi connectivity index (χ3n) is 6.50. The molecule has 3 heterocycles. The van der Waals surface area contributed by atoms with Crippen LogP contribution in [0.25, 0.3) is 21.7 Å². The lowest BCUT2D eigenvalue weighted by Crippen LogP contribution is -2.39. The molecule has 1 aliphatic rings. The Bertz CT molecular complexity index is 1420. The summed E-state index contributed by atoms with van der Waals surface area (Å²) in [6.45, 7) is 5.77. The van der Waals surface area contributed by atoms with E-state index in [0.717, 1.165) is 29.3 Å². The summed E-state index contributed by atoms with van der Waals surface area (Å²) >= 11 is 0. The molecule has 2 aromatic heterocycles. The van der Waals surface area contributed by atoms with Crippen LogP contribution in [0, 0.1) is 11.7 Å². The minimum Gasteiger partial charge on any atom is -0.356 e. The number of piperidine rings is 1. The highest BCUT2D eigenvalue weighted by molar-refractivity contribution is 5.88. The first kappa shape index (κ1) is 22.3. The van der Waals surface area contributed by atoms with Crippen LogP contribution in [-0.2, 0) is 17.8 Å². The second kappa shape index (κ2) is 9.00. The Hall–Kier alpha value is -3.55. The molecule has 0 saturated carbocycles. The molecule has 5 rings (SSSR count). The maximum absolute atomic E-state index is 13.5. The maximum atomic E-state index is 13.5. The van der Waals surface area contributed by atoms with Gasteiger partial charge in [-0.25, -0.2) is 9.07 Å². The molecule has 0 aliphatic carbocycles. The minimum absolute atomic E-state index is 0.00192. The van der Waals surface area contributed by atoms with Gasteiger partial charge in [0.25, 0.3) is 5.56 Å². The molecule has 1 aliphatic heterocycles. The molecule has 0 unspecified atom stereocenters. The second-order valence-electron chi connectivity index (χ2n) is 9.41. The molecule has 0 spiro atoms. The van der Waals surface area contributed by atoms with Gasteiger partial charge in [-0.2, -0.15) is 5.10 Å². The van der Waals surface area contributed by atoms with Crippen LogP contribution in [0.1, 0.15) is 44.0 Å². The molecule has 0 radical (unpaired) electrons. The van der Waals surface area contributed by atoms with Crippen LogP contribution < -0.4 is 5.56 Å². The summed E-state index contributed by atoms with van der Waals surface area (Å²) in [7, 11) is 0. The number of carbonyl (C=O) groups excluding carboxylic acids is 1. The Morgan fingerprint density at radius 3 is 2.59 bits per heavy atom. The average molecular weight is 463 g/mol. The molecular weight excluding hydrogens is 435 g/mol. The Balaban J connectivity index is 1.33. The summed E-state index contributed by atoms with van der Waals surface area (Å²) < 4.78 is 20.3. The molecule has 0 bridgehead atoms. The van der Waals surface area contributed by atoms with Gasteiger partial charge in [0.1, 0.15) is 5.82 Å². The smallest absolute Gasteiger partial charge is 0.274 e. The minimum atomic E-state index is -0.350. The van der Waals surface area contributed by atoms with E-state index in [4.69, 9.17) is 4.52 Å². The van der Waals surface area contributed by atoms with Gasteiger partial charge in [0.05, 0.1) is 23.2 Å². The zero-order valence-electron chi connectivity index (χ0n) is 19.3. The standard InChI is InChI=1S/C26H27FN4O3/c1-16(2)15-31-26(33)20-6-4-3-5-19(20)22(28-31)14-24(32)30-11-9-17(10-12-30)25-21-8-7-18(27)13-23(21)34-29-25/h3-8,13,16-17H,9-12,14-15H2,1-2H3. The number of fused-ring (bicyclic) bond motifs is 2. The lowest BCUT2D eigenvalue weighted by molar-refractivity contribution is -0.131. The number of halogens is 1. The fraction of sp³-hybridized carbons (Fsp3) is 0.385. The van der Waals surface area contributed by atoms with Gasteiger partial charge < -0.3 is 9.42 Å². The van der Waals surface area contributed by atoms with Crippen molar-refractivity contribution in [3.63, 3.8) is 0 Å². The summed E-state index contributed by atoms with van der Waals surface area (Å²) in [6, 6.07) is 11.8. The fourth-order valence-electron chi connectivity index (χ4n) is 4.79. The van der Waals surface area contributed by atoms with Crippen LogP contribution in [0.3, 0.4) is 0 Å². The van der Waals surface area contributed by atoms with E-state index in [1.54, 1.807) is 12.1 Å². The number of carbonyl (C=O) groups is 1. The molecule has 2 aromatic carbocycles. The van der Waals surface area contributed by atoms with Crippen molar-refractivity contribution in [2.45, 2.75) is 45.6 Å². The van der Waals surface area contributed by atoms with E-state index in [-0.39, 0.29) is 35.5 Å². The van der Waals surface area contributed by atoms with E-state index in [9.17, 15) is 14.0 Å². The Kier molecular flexibility index (Phi) is 5.89. The average Bonchev–Trinajstić information content (AvgIpc) is 3.25. The van der Waals surface area contributed by atoms with Crippen molar-refractivity contribution in [2.24, 2.45) is 5.92 Å². The van der Waals surface area contributed by atoms with E-state index in [0.29, 0.717) is 36.3 Å². The third-order valence-corrected chi connectivity index (χ3v) is 6.50. The summed E-state index contributed by atoms with van der Waals surface area (Å²) in [5.74, 6) is 0.0649. The second-order valence-corrected chi connectivity index (χ2v) is 9.41. The van der Waals surface area contributed by atoms with Crippen molar-refractivity contribution in [3.8, 4) is 0 Å². The van der Waals surface area contributed by atoms with Gasteiger partial charge >= 0.3 is 0 Å².